The molecule has 3 rings (SSSR count). The zero-order valence-corrected chi connectivity index (χ0v) is 14.7. The van der Waals surface area contributed by atoms with Crippen LogP contribution in [0.5, 0.6) is 0 Å². The van der Waals surface area contributed by atoms with Crippen LogP contribution >= 0.6 is 0 Å². The molecule has 1 aliphatic heterocycles. The van der Waals surface area contributed by atoms with Crippen LogP contribution in [0.15, 0.2) is 28.8 Å². The maximum atomic E-state index is 13.5. The summed E-state index contributed by atoms with van der Waals surface area (Å²) in [6.07, 6.45) is 0. The number of nitrogens with one attached hydrogen (secondary N) is 3. The smallest absolute Gasteiger partial charge is 0.279 e. The average molecular weight is 348 g/mol. The predicted octanol–water partition coefficient (Wildman–Crippen LogP) is -0.647. The maximum absolute atomic E-state index is 13.5. The van der Waals surface area contributed by atoms with Crippen molar-refractivity contribution < 1.29 is 23.5 Å². The molecule has 6 nitrogen and oxygen atoms in total. The van der Waals surface area contributed by atoms with Crippen LogP contribution in [-0.4, -0.2) is 43.8 Å². The quantitative estimate of drug-likeness (QED) is 0.673. The highest BCUT2D eigenvalue weighted by atomic mass is 19.1. The first-order chi connectivity index (χ1) is 12.0. The number of carbonyl (C=O) groups is 1. The molecule has 1 fully saturated rings. The number of amides is 1. The van der Waals surface area contributed by atoms with Crippen LogP contribution in [0.4, 0.5) is 10.1 Å². The molecule has 1 aromatic heterocycles. The van der Waals surface area contributed by atoms with Crippen molar-refractivity contribution in [2.45, 2.75) is 20.4 Å². The molecule has 1 amide bonds. The lowest BCUT2D eigenvalue weighted by Crippen LogP contribution is -3.28. The molecule has 1 saturated heterocycles. The first-order valence-corrected chi connectivity index (χ1v) is 8.65. The lowest BCUT2D eigenvalue weighted by atomic mass is 10.2. The molecule has 134 valence electrons. The molecule has 0 atom stereocenters. The number of aromatic nitrogens is 1. The Labute approximate surface area is 146 Å². The standard InChI is InChI=1S/C18H23FN4O2/c1-13-3-4-15(10-17(13)19)20-18(24)12-23-7-5-22(6-8-23)11-16-9-14(2)25-21-16/h3-4,9-10H,5-8,11-12H2,1-2H3,(H,20,24)/p+2. The summed E-state index contributed by atoms with van der Waals surface area (Å²) in [6.45, 7) is 8.72. The van der Waals surface area contributed by atoms with Gasteiger partial charge in [0.1, 0.15) is 50.0 Å². The second kappa shape index (κ2) is 7.76. The van der Waals surface area contributed by atoms with Gasteiger partial charge in [0.05, 0.1) is 0 Å². The summed E-state index contributed by atoms with van der Waals surface area (Å²) < 4.78 is 18.6. The topological polar surface area (TPSA) is 64.0 Å². The highest BCUT2D eigenvalue weighted by molar-refractivity contribution is 5.91. The molecule has 7 heteroatoms. The normalized spacial score (nSPS) is 20.4. The van der Waals surface area contributed by atoms with E-state index in [2.05, 4.69) is 10.5 Å². The van der Waals surface area contributed by atoms with Gasteiger partial charge < -0.3 is 19.6 Å². The molecule has 2 aromatic rings. The van der Waals surface area contributed by atoms with Gasteiger partial charge in [-0.3, -0.25) is 4.79 Å². The van der Waals surface area contributed by atoms with E-state index in [-0.39, 0.29) is 11.7 Å². The van der Waals surface area contributed by atoms with Crippen molar-refractivity contribution in [3.05, 3.63) is 47.1 Å². The van der Waals surface area contributed by atoms with E-state index in [1.165, 1.54) is 15.9 Å². The second-order valence-electron chi connectivity index (χ2n) is 6.79. The molecule has 1 aliphatic rings. The summed E-state index contributed by atoms with van der Waals surface area (Å²) in [6, 6.07) is 6.74. The van der Waals surface area contributed by atoms with Crippen molar-refractivity contribution in [1.29, 1.82) is 0 Å². The minimum absolute atomic E-state index is 0.0752. The Bertz CT molecular complexity index is 738. The Kier molecular flexibility index (Phi) is 5.45. The fraction of sp³-hybridized carbons (Fsp3) is 0.444. The maximum Gasteiger partial charge on any atom is 0.279 e. The van der Waals surface area contributed by atoms with E-state index < -0.39 is 0 Å². The van der Waals surface area contributed by atoms with E-state index in [0.717, 1.165) is 44.2 Å². The minimum Gasteiger partial charge on any atom is -0.361 e. The van der Waals surface area contributed by atoms with Crippen LogP contribution < -0.4 is 15.1 Å². The number of carbonyl (C=O) groups excluding carboxylic acids is 1. The van der Waals surface area contributed by atoms with E-state index in [1.807, 2.05) is 13.0 Å². The summed E-state index contributed by atoms with van der Waals surface area (Å²) >= 11 is 0. The lowest BCUT2D eigenvalue weighted by molar-refractivity contribution is -1.02. The van der Waals surface area contributed by atoms with Gasteiger partial charge in [-0.2, -0.15) is 0 Å². The van der Waals surface area contributed by atoms with Crippen molar-refractivity contribution in [1.82, 2.24) is 5.16 Å². The number of nitrogens with zero attached hydrogens (tertiary/aromatic N) is 1. The van der Waals surface area contributed by atoms with Gasteiger partial charge in [0.2, 0.25) is 0 Å². The summed E-state index contributed by atoms with van der Waals surface area (Å²) in [4.78, 5) is 14.9. The Hall–Kier alpha value is -2.25. The highest BCUT2D eigenvalue weighted by Gasteiger charge is 2.25. The zero-order valence-electron chi connectivity index (χ0n) is 14.7. The number of rotatable bonds is 5. The summed E-state index contributed by atoms with van der Waals surface area (Å²) in [5, 5.41) is 6.82. The number of benzene rings is 1. The van der Waals surface area contributed by atoms with Crippen LogP contribution in [0, 0.1) is 19.7 Å². The summed E-state index contributed by atoms with van der Waals surface area (Å²) in [5.74, 6) is 0.460. The highest BCUT2D eigenvalue weighted by Crippen LogP contribution is 2.13. The van der Waals surface area contributed by atoms with E-state index in [4.69, 9.17) is 4.52 Å². The Morgan fingerprint density at radius 2 is 1.92 bits per heavy atom. The zero-order chi connectivity index (χ0) is 17.8. The largest absolute Gasteiger partial charge is 0.361 e. The lowest BCUT2D eigenvalue weighted by Gasteiger charge is -2.28. The van der Waals surface area contributed by atoms with Crippen molar-refractivity contribution >= 4 is 11.6 Å². The van der Waals surface area contributed by atoms with E-state index in [0.29, 0.717) is 17.8 Å². The van der Waals surface area contributed by atoms with Crippen LogP contribution in [0.1, 0.15) is 17.0 Å². The molecule has 0 saturated carbocycles. The first-order valence-electron chi connectivity index (χ1n) is 8.65. The third-order valence-electron chi connectivity index (χ3n) is 4.64. The van der Waals surface area contributed by atoms with Gasteiger partial charge in [-0.05, 0) is 31.5 Å². The molecule has 1 aromatic carbocycles. The van der Waals surface area contributed by atoms with Crippen molar-refractivity contribution in [2.24, 2.45) is 0 Å². The molecule has 0 bridgehead atoms. The van der Waals surface area contributed by atoms with Gasteiger partial charge in [0.15, 0.2) is 6.54 Å². The van der Waals surface area contributed by atoms with E-state index >= 15 is 0 Å². The number of piperazine rings is 1. The van der Waals surface area contributed by atoms with Crippen LogP contribution in [0.2, 0.25) is 0 Å². The SMILES string of the molecule is Cc1cc(C[NH+]2CC[NH+](CC(=O)Nc3ccc(C)c(F)c3)CC2)no1. The molecule has 0 aliphatic carbocycles. The van der Waals surface area contributed by atoms with Crippen LogP contribution in [0.3, 0.4) is 0 Å². The Balaban J connectivity index is 1.43. The first kappa shape index (κ1) is 17.6. The Morgan fingerprint density at radius 1 is 1.20 bits per heavy atom. The van der Waals surface area contributed by atoms with Crippen molar-refractivity contribution in [2.75, 3.05) is 38.0 Å². The second-order valence-corrected chi connectivity index (χ2v) is 6.79. The molecular weight excluding hydrogens is 323 g/mol. The van der Waals surface area contributed by atoms with E-state index in [9.17, 15) is 9.18 Å². The van der Waals surface area contributed by atoms with Gasteiger partial charge in [-0.25, -0.2) is 4.39 Å². The van der Waals surface area contributed by atoms with Gasteiger partial charge in [0, 0.05) is 11.8 Å². The fourth-order valence-electron chi connectivity index (χ4n) is 3.17. The molecule has 0 unspecified atom stereocenters. The number of quaternary nitrogens is 2. The van der Waals surface area contributed by atoms with Crippen molar-refractivity contribution in [3.63, 3.8) is 0 Å². The molecular formula is C18H25FN4O2+2. The number of hydrogen-bond acceptors (Lipinski definition) is 3. The van der Waals surface area contributed by atoms with Crippen LogP contribution in [0.25, 0.3) is 0 Å². The third-order valence-corrected chi connectivity index (χ3v) is 4.64. The van der Waals surface area contributed by atoms with Gasteiger partial charge in [-0.15, -0.1) is 0 Å². The summed E-state index contributed by atoms with van der Waals surface area (Å²) in [5.41, 5.74) is 2.07. The Morgan fingerprint density at radius 3 is 2.56 bits per heavy atom. The van der Waals surface area contributed by atoms with E-state index in [1.54, 1.807) is 19.1 Å². The summed E-state index contributed by atoms with van der Waals surface area (Å²) in [7, 11) is 0. The number of anilines is 1. The monoisotopic (exact) mass is 348 g/mol. The van der Waals surface area contributed by atoms with Gasteiger partial charge >= 0.3 is 0 Å². The molecule has 25 heavy (non-hydrogen) atoms. The molecule has 0 radical (unpaired) electrons. The fourth-order valence-corrected chi connectivity index (χ4v) is 3.17. The number of aryl methyl sites for hydroxylation is 2. The minimum atomic E-state index is -0.301. The molecule has 2 heterocycles. The van der Waals surface area contributed by atoms with Crippen LogP contribution in [-0.2, 0) is 11.3 Å². The number of hydrogen-bond donors (Lipinski definition) is 3. The number of halogens is 1. The van der Waals surface area contributed by atoms with Gasteiger partial charge in [0.25, 0.3) is 5.91 Å². The van der Waals surface area contributed by atoms with Gasteiger partial charge in [-0.1, -0.05) is 11.2 Å². The third kappa shape index (κ3) is 4.87. The molecule has 3 N–H and O–H groups in total. The van der Waals surface area contributed by atoms with Crippen molar-refractivity contribution in [3.8, 4) is 0 Å². The molecule has 0 spiro atoms. The predicted molar refractivity (Wildman–Crippen MR) is 91.0 cm³/mol. The average Bonchev–Trinajstić information content (AvgIpc) is 2.98.